The Kier molecular flexibility index (Phi) is 4.54. The average Bonchev–Trinajstić information content (AvgIpc) is 2.75. The van der Waals surface area contributed by atoms with Crippen LogP contribution in [0.1, 0.15) is 44.2 Å². The minimum absolute atomic E-state index is 0.0120. The number of hydrogen-bond donors (Lipinski definition) is 2. The van der Waals surface area contributed by atoms with Crippen molar-refractivity contribution in [1.29, 1.82) is 0 Å². The van der Waals surface area contributed by atoms with E-state index in [4.69, 9.17) is 10.9 Å². The van der Waals surface area contributed by atoms with E-state index in [-0.39, 0.29) is 5.84 Å². The molecule has 19 heavy (non-hydrogen) atoms. The Morgan fingerprint density at radius 2 is 2.05 bits per heavy atom. The van der Waals surface area contributed by atoms with Crippen LogP contribution in [0, 0.1) is 0 Å². The minimum Gasteiger partial charge on any atom is -0.409 e. The summed E-state index contributed by atoms with van der Waals surface area (Å²) < 4.78 is 0. The molecule has 0 aromatic carbocycles. The number of hydrogen-bond acceptors (Lipinski definition) is 5. The molecule has 6 nitrogen and oxygen atoms in total. The molecule has 1 fully saturated rings. The lowest BCUT2D eigenvalue weighted by Gasteiger charge is -2.27. The van der Waals surface area contributed by atoms with E-state index in [1.807, 2.05) is 7.05 Å². The third-order valence-electron chi connectivity index (χ3n) is 3.70. The number of anilines is 1. The average molecular weight is 263 g/mol. The van der Waals surface area contributed by atoms with E-state index in [9.17, 15) is 0 Å². The molecule has 0 amide bonds. The topological polar surface area (TPSA) is 87.6 Å². The van der Waals surface area contributed by atoms with Crippen LogP contribution in [0.4, 0.5) is 5.95 Å². The van der Waals surface area contributed by atoms with Crippen LogP contribution in [0.25, 0.3) is 0 Å². The summed E-state index contributed by atoms with van der Waals surface area (Å²) in [4.78, 5) is 10.7. The van der Waals surface area contributed by atoms with Crippen LogP contribution in [0.2, 0.25) is 0 Å². The van der Waals surface area contributed by atoms with Crippen molar-refractivity contribution in [2.24, 2.45) is 10.9 Å². The van der Waals surface area contributed by atoms with E-state index in [1.54, 1.807) is 12.3 Å². The molecule has 0 bridgehead atoms. The van der Waals surface area contributed by atoms with Gasteiger partial charge >= 0.3 is 0 Å². The Labute approximate surface area is 113 Å². The SMILES string of the molecule is CN(c1nccc(/C(N)=N/O)n1)C1CCCCCC1. The number of rotatable bonds is 3. The van der Waals surface area contributed by atoms with E-state index in [1.165, 1.54) is 38.5 Å². The van der Waals surface area contributed by atoms with Crippen molar-refractivity contribution in [3.8, 4) is 0 Å². The summed E-state index contributed by atoms with van der Waals surface area (Å²) in [5, 5.41) is 11.7. The molecule has 0 unspecified atom stereocenters. The fraction of sp³-hybridized carbons (Fsp3) is 0.615. The summed E-state index contributed by atoms with van der Waals surface area (Å²) in [6, 6.07) is 2.12. The van der Waals surface area contributed by atoms with E-state index < -0.39 is 0 Å². The van der Waals surface area contributed by atoms with Gasteiger partial charge in [0.05, 0.1) is 0 Å². The second-order valence-electron chi connectivity index (χ2n) is 4.98. The molecule has 1 heterocycles. The molecule has 0 saturated heterocycles. The summed E-state index contributed by atoms with van der Waals surface area (Å²) in [6.07, 6.45) is 9.14. The molecular weight excluding hydrogens is 242 g/mol. The van der Waals surface area contributed by atoms with Crippen LogP contribution in [0.15, 0.2) is 17.4 Å². The van der Waals surface area contributed by atoms with Crippen LogP contribution in [-0.2, 0) is 0 Å². The molecule has 0 radical (unpaired) electrons. The third kappa shape index (κ3) is 3.33. The van der Waals surface area contributed by atoms with Gasteiger partial charge in [-0.2, -0.15) is 0 Å². The quantitative estimate of drug-likeness (QED) is 0.285. The maximum absolute atomic E-state index is 8.69. The van der Waals surface area contributed by atoms with Gasteiger partial charge < -0.3 is 15.8 Å². The number of aromatic nitrogens is 2. The predicted octanol–water partition coefficient (Wildman–Crippen LogP) is 1.73. The molecule has 1 aromatic rings. The highest BCUT2D eigenvalue weighted by Crippen LogP contribution is 2.23. The highest BCUT2D eigenvalue weighted by molar-refractivity contribution is 5.95. The smallest absolute Gasteiger partial charge is 0.225 e. The van der Waals surface area contributed by atoms with Gasteiger partial charge in [0.1, 0.15) is 5.69 Å². The largest absolute Gasteiger partial charge is 0.409 e. The van der Waals surface area contributed by atoms with E-state index in [2.05, 4.69) is 20.0 Å². The molecule has 2 rings (SSSR count). The van der Waals surface area contributed by atoms with Gasteiger partial charge in [-0.15, -0.1) is 0 Å². The maximum Gasteiger partial charge on any atom is 0.225 e. The van der Waals surface area contributed by atoms with Gasteiger partial charge in [0, 0.05) is 19.3 Å². The van der Waals surface area contributed by atoms with Crippen LogP contribution in [0.5, 0.6) is 0 Å². The van der Waals surface area contributed by atoms with Gasteiger partial charge in [-0.1, -0.05) is 30.8 Å². The van der Waals surface area contributed by atoms with Crippen molar-refractivity contribution in [1.82, 2.24) is 9.97 Å². The first-order valence-electron chi connectivity index (χ1n) is 6.76. The molecule has 6 heteroatoms. The van der Waals surface area contributed by atoms with Crippen molar-refractivity contribution in [2.45, 2.75) is 44.6 Å². The Bertz CT molecular complexity index is 440. The molecule has 1 aliphatic rings. The zero-order valence-corrected chi connectivity index (χ0v) is 11.3. The van der Waals surface area contributed by atoms with Crippen molar-refractivity contribution in [3.05, 3.63) is 18.0 Å². The fourth-order valence-corrected chi connectivity index (χ4v) is 2.52. The zero-order valence-electron chi connectivity index (χ0n) is 11.3. The van der Waals surface area contributed by atoms with E-state index >= 15 is 0 Å². The normalized spacial score (nSPS) is 18.1. The maximum atomic E-state index is 8.69. The first-order chi connectivity index (χ1) is 9.22. The fourth-order valence-electron chi connectivity index (χ4n) is 2.52. The second-order valence-corrected chi connectivity index (χ2v) is 4.98. The number of nitrogens with two attached hydrogens (primary N) is 1. The van der Waals surface area contributed by atoms with Gasteiger partial charge in [-0.05, 0) is 18.9 Å². The number of oxime groups is 1. The molecule has 3 N–H and O–H groups in total. The molecule has 1 aliphatic carbocycles. The van der Waals surface area contributed by atoms with Crippen molar-refractivity contribution < 1.29 is 5.21 Å². The van der Waals surface area contributed by atoms with Gasteiger partial charge in [0.2, 0.25) is 5.95 Å². The number of amidine groups is 1. The molecule has 104 valence electrons. The summed E-state index contributed by atoms with van der Waals surface area (Å²) in [5.74, 6) is 0.647. The van der Waals surface area contributed by atoms with Crippen molar-refractivity contribution in [3.63, 3.8) is 0 Å². The van der Waals surface area contributed by atoms with Crippen LogP contribution in [-0.4, -0.2) is 34.1 Å². The van der Waals surface area contributed by atoms with Crippen LogP contribution < -0.4 is 10.6 Å². The molecule has 0 spiro atoms. The second kappa shape index (κ2) is 6.36. The van der Waals surface area contributed by atoms with Crippen LogP contribution in [0.3, 0.4) is 0 Å². The molecular formula is C13H21N5O. The first kappa shape index (κ1) is 13.6. The lowest BCUT2D eigenvalue weighted by molar-refractivity contribution is 0.318. The standard InChI is InChI=1S/C13H21N5O/c1-18(10-6-4-2-3-5-7-10)13-15-9-8-11(16-13)12(14)17-19/h8-10,19H,2-7H2,1H3,(H2,14,17). The molecule has 0 atom stereocenters. The zero-order chi connectivity index (χ0) is 13.7. The Hall–Kier alpha value is -1.85. The highest BCUT2D eigenvalue weighted by Gasteiger charge is 2.19. The Balaban J connectivity index is 2.15. The summed E-state index contributed by atoms with van der Waals surface area (Å²) >= 11 is 0. The van der Waals surface area contributed by atoms with Crippen molar-refractivity contribution >= 4 is 11.8 Å². The van der Waals surface area contributed by atoms with Gasteiger partial charge in [0.15, 0.2) is 5.84 Å². The minimum atomic E-state index is 0.0120. The van der Waals surface area contributed by atoms with E-state index in [0.717, 1.165) is 0 Å². The van der Waals surface area contributed by atoms with E-state index in [0.29, 0.717) is 17.7 Å². The molecule has 1 saturated carbocycles. The summed E-state index contributed by atoms with van der Waals surface area (Å²) in [5.41, 5.74) is 6.01. The van der Waals surface area contributed by atoms with Gasteiger partial charge in [-0.3, -0.25) is 0 Å². The Morgan fingerprint density at radius 1 is 1.37 bits per heavy atom. The molecule has 1 aromatic heterocycles. The predicted molar refractivity (Wildman–Crippen MR) is 74.4 cm³/mol. The highest BCUT2D eigenvalue weighted by atomic mass is 16.4. The van der Waals surface area contributed by atoms with Crippen LogP contribution >= 0.6 is 0 Å². The van der Waals surface area contributed by atoms with Gasteiger partial charge in [-0.25, -0.2) is 9.97 Å². The third-order valence-corrected chi connectivity index (χ3v) is 3.70. The lowest BCUT2D eigenvalue weighted by Crippen LogP contribution is -2.33. The molecule has 0 aliphatic heterocycles. The number of nitrogens with zero attached hydrogens (tertiary/aromatic N) is 4. The summed E-state index contributed by atoms with van der Waals surface area (Å²) in [7, 11) is 2.02. The van der Waals surface area contributed by atoms with Gasteiger partial charge in [0.25, 0.3) is 0 Å². The first-order valence-corrected chi connectivity index (χ1v) is 6.76. The Morgan fingerprint density at radius 3 is 2.68 bits per heavy atom. The van der Waals surface area contributed by atoms with Crippen molar-refractivity contribution in [2.75, 3.05) is 11.9 Å². The summed E-state index contributed by atoms with van der Waals surface area (Å²) in [6.45, 7) is 0. The monoisotopic (exact) mass is 263 g/mol. The lowest BCUT2D eigenvalue weighted by atomic mass is 10.1.